The molecule has 1 aromatic carbocycles. The molecule has 0 bridgehead atoms. The lowest BCUT2D eigenvalue weighted by Crippen LogP contribution is -2.68. The Bertz CT molecular complexity index is 764. The molecule has 2 N–H and O–H groups in total. The highest BCUT2D eigenvalue weighted by atomic mass is 16.5. The van der Waals surface area contributed by atoms with Crippen LogP contribution in [0.4, 0.5) is 5.69 Å². The summed E-state index contributed by atoms with van der Waals surface area (Å²) < 4.78 is 11.4. The summed E-state index contributed by atoms with van der Waals surface area (Å²) in [7, 11) is 1.80. The average Bonchev–Trinajstić information content (AvgIpc) is 3.16. The zero-order chi connectivity index (χ0) is 19.7. The number of hydrogen-bond donors (Lipinski definition) is 2. The van der Waals surface area contributed by atoms with Crippen molar-refractivity contribution in [1.82, 2.24) is 10.6 Å². The molecule has 3 unspecified atom stereocenters. The van der Waals surface area contributed by atoms with Crippen LogP contribution < -0.4 is 20.3 Å². The summed E-state index contributed by atoms with van der Waals surface area (Å²) in [6, 6.07) is 8.06. The summed E-state index contributed by atoms with van der Waals surface area (Å²) in [5, 5.41) is 6.98. The number of nitrogens with one attached hydrogen (secondary N) is 2. The lowest BCUT2D eigenvalue weighted by Gasteiger charge is -2.54. The summed E-state index contributed by atoms with van der Waals surface area (Å²) in [5.74, 6) is 2.16. The van der Waals surface area contributed by atoms with Gasteiger partial charge in [0.15, 0.2) is 12.6 Å². The molecule has 0 spiro atoms. The highest BCUT2D eigenvalue weighted by molar-refractivity contribution is 5.97. The van der Waals surface area contributed by atoms with Crippen LogP contribution in [0.5, 0.6) is 5.75 Å². The van der Waals surface area contributed by atoms with Gasteiger partial charge in [0, 0.05) is 44.1 Å². The van der Waals surface area contributed by atoms with Crippen LogP contribution in [-0.2, 0) is 9.53 Å². The van der Waals surface area contributed by atoms with Gasteiger partial charge >= 0.3 is 0 Å². The first-order valence-electron chi connectivity index (χ1n) is 10.1. The monoisotopic (exact) mass is 386 g/mol. The maximum Gasteiger partial charge on any atom is 0.265 e. The molecule has 1 aromatic rings. The van der Waals surface area contributed by atoms with Crippen molar-refractivity contribution >= 4 is 17.6 Å². The molecule has 1 saturated heterocycles. The van der Waals surface area contributed by atoms with Crippen molar-refractivity contribution in [2.75, 3.05) is 38.3 Å². The maximum absolute atomic E-state index is 12.2. The van der Waals surface area contributed by atoms with Gasteiger partial charge in [-0.25, -0.2) is 0 Å². The summed E-state index contributed by atoms with van der Waals surface area (Å²) >= 11 is 0. The Morgan fingerprint density at radius 3 is 3.00 bits per heavy atom. The Balaban J connectivity index is 1.27. The fourth-order valence-electron chi connectivity index (χ4n) is 4.80. The third-order valence-electron chi connectivity index (χ3n) is 6.28. The molecular formula is C21H30N4O3. The van der Waals surface area contributed by atoms with E-state index >= 15 is 0 Å². The quantitative estimate of drug-likeness (QED) is 0.458. The molecule has 1 aliphatic carbocycles. The van der Waals surface area contributed by atoms with Gasteiger partial charge in [0.2, 0.25) is 0 Å². The van der Waals surface area contributed by atoms with Crippen molar-refractivity contribution in [3.63, 3.8) is 0 Å². The number of aliphatic imine (C=N–C) groups is 1. The van der Waals surface area contributed by atoms with Crippen LogP contribution in [0, 0.1) is 11.3 Å². The maximum atomic E-state index is 12.2. The molecule has 1 saturated carbocycles. The number of hydrogen-bond acceptors (Lipinski definition) is 4. The van der Waals surface area contributed by atoms with Gasteiger partial charge < -0.3 is 25.0 Å². The molecule has 3 atom stereocenters. The number of para-hydroxylation sites is 2. The van der Waals surface area contributed by atoms with Crippen LogP contribution in [0.1, 0.15) is 26.7 Å². The fourth-order valence-corrected chi connectivity index (χ4v) is 4.80. The van der Waals surface area contributed by atoms with Crippen molar-refractivity contribution in [3.8, 4) is 5.75 Å². The Morgan fingerprint density at radius 2 is 2.18 bits per heavy atom. The SMILES string of the molecule is CN=C(NCCCN1C(=O)COc2ccccc21)NC1C2CCOC2C1(C)C. The lowest BCUT2D eigenvalue weighted by molar-refractivity contribution is -0.121. The topological polar surface area (TPSA) is 75.2 Å². The van der Waals surface area contributed by atoms with E-state index in [9.17, 15) is 4.79 Å². The number of benzene rings is 1. The number of rotatable bonds is 5. The summed E-state index contributed by atoms with van der Waals surface area (Å²) in [4.78, 5) is 18.4. The fraction of sp³-hybridized carbons (Fsp3) is 0.619. The van der Waals surface area contributed by atoms with E-state index in [-0.39, 0.29) is 17.9 Å². The summed E-state index contributed by atoms with van der Waals surface area (Å²) in [5.41, 5.74) is 0.965. The number of carbonyl (C=O) groups excluding carboxylic acids is 1. The van der Waals surface area contributed by atoms with Crippen molar-refractivity contribution < 1.29 is 14.3 Å². The number of anilines is 1. The average molecular weight is 386 g/mol. The van der Waals surface area contributed by atoms with E-state index in [0.29, 0.717) is 24.6 Å². The third-order valence-corrected chi connectivity index (χ3v) is 6.28. The van der Waals surface area contributed by atoms with Crippen LogP contribution >= 0.6 is 0 Å². The van der Waals surface area contributed by atoms with E-state index in [2.05, 4.69) is 29.5 Å². The largest absolute Gasteiger partial charge is 0.482 e. The Labute approximate surface area is 166 Å². The number of ether oxygens (including phenoxy) is 2. The molecule has 2 fully saturated rings. The van der Waals surface area contributed by atoms with Crippen LogP contribution in [0.2, 0.25) is 0 Å². The second-order valence-electron chi connectivity index (χ2n) is 8.34. The van der Waals surface area contributed by atoms with Gasteiger partial charge in [-0.2, -0.15) is 0 Å². The first-order chi connectivity index (χ1) is 13.5. The number of nitrogens with zero attached hydrogens (tertiary/aromatic N) is 2. The molecule has 2 aliphatic heterocycles. The molecular weight excluding hydrogens is 356 g/mol. The zero-order valence-electron chi connectivity index (χ0n) is 16.9. The van der Waals surface area contributed by atoms with Gasteiger partial charge in [-0.3, -0.25) is 9.79 Å². The molecule has 28 heavy (non-hydrogen) atoms. The zero-order valence-corrected chi connectivity index (χ0v) is 16.9. The van der Waals surface area contributed by atoms with Gasteiger partial charge in [0.1, 0.15) is 5.75 Å². The molecule has 7 nitrogen and oxygen atoms in total. The van der Waals surface area contributed by atoms with E-state index < -0.39 is 0 Å². The van der Waals surface area contributed by atoms with Crippen LogP contribution in [0.25, 0.3) is 0 Å². The minimum atomic E-state index is 0.00435. The highest BCUT2D eigenvalue weighted by Gasteiger charge is 2.59. The predicted octanol–water partition coefficient (Wildman–Crippen LogP) is 1.78. The first kappa shape index (κ1) is 19.1. The van der Waals surface area contributed by atoms with Crippen LogP contribution in [0.3, 0.4) is 0 Å². The minimum Gasteiger partial charge on any atom is -0.482 e. The molecule has 3 aliphatic rings. The van der Waals surface area contributed by atoms with Gasteiger partial charge in [-0.15, -0.1) is 0 Å². The molecule has 7 heteroatoms. The smallest absolute Gasteiger partial charge is 0.265 e. The molecule has 2 heterocycles. The molecule has 152 valence electrons. The molecule has 0 aromatic heterocycles. The summed E-state index contributed by atoms with van der Waals surface area (Å²) in [6.07, 6.45) is 2.29. The van der Waals surface area contributed by atoms with Gasteiger partial charge in [-0.05, 0) is 25.0 Å². The Kier molecular flexibility index (Phi) is 5.19. The van der Waals surface area contributed by atoms with E-state index in [1.54, 1.807) is 7.05 Å². The third kappa shape index (κ3) is 3.32. The van der Waals surface area contributed by atoms with Crippen molar-refractivity contribution in [2.45, 2.75) is 38.8 Å². The van der Waals surface area contributed by atoms with E-state index in [1.165, 1.54) is 0 Å². The second-order valence-corrected chi connectivity index (χ2v) is 8.34. The lowest BCUT2D eigenvalue weighted by atomic mass is 9.57. The number of guanidine groups is 1. The summed E-state index contributed by atoms with van der Waals surface area (Å²) in [6.45, 7) is 6.87. The van der Waals surface area contributed by atoms with Crippen LogP contribution in [-0.4, -0.2) is 57.4 Å². The van der Waals surface area contributed by atoms with E-state index in [0.717, 1.165) is 43.4 Å². The van der Waals surface area contributed by atoms with Crippen molar-refractivity contribution in [2.24, 2.45) is 16.3 Å². The standard InChI is InChI=1S/C21H30N4O3/c1-21(2)18(14-9-12-27-19(14)21)24-20(22-3)23-10-6-11-25-15-7-4-5-8-16(15)28-13-17(25)26/h4-5,7-8,14,18-19H,6,9-13H2,1-3H3,(H2,22,23,24). The highest BCUT2D eigenvalue weighted by Crippen LogP contribution is 2.52. The number of carbonyl (C=O) groups is 1. The molecule has 1 amide bonds. The first-order valence-corrected chi connectivity index (χ1v) is 10.1. The van der Waals surface area contributed by atoms with Gasteiger partial charge in [-0.1, -0.05) is 26.0 Å². The molecule has 0 radical (unpaired) electrons. The second kappa shape index (κ2) is 7.62. The molecule has 4 rings (SSSR count). The van der Waals surface area contributed by atoms with Gasteiger partial charge in [0.05, 0.1) is 11.8 Å². The predicted molar refractivity (Wildman–Crippen MR) is 109 cm³/mol. The van der Waals surface area contributed by atoms with Crippen LogP contribution in [0.15, 0.2) is 29.3 Å². The minimum absolute atomic E-state index is 0.00435. The van der Waals surface area contributed by atoms with E-state index in [1.807, 2.05) is 29.2 Å². The Hall–Kier alpha value is -2.28. The Morgan fingerprint density at radius 1 is 1.36 bits per heavy atom. The number of amides is 1. The van der Waals surface area contributed by atoms with E-state index in [4.69, 9.17) is 9.47 Å². The van der Waals surface area contributed by atoms with Gasteiger partial charge in [0.25, 0.3) is 5.91 Å². The number of fused-ring (bicyclic) bond motifs is 2. The normalized spacial score (nSPS) is 28.1. The van der Waals surface area contributed by atoms with Crippen molar-refractivity contribution in [1.29, 1.82) is 0 Å². The van der Waals surface area contributed by atoms with Crippen molar-refractivity contribution in [3.05, 3.63) is 24.3 Å².